The van der Waals surface area contributed by atoms with Crippen LogP contribution < -0.4 is 10.6 Å². The second-order valence-corrected chi connectivity index (χ2v) is 6.72. The molecule has 5 nitrogen and oxygen atoms in total. The van der Waals surface area contributed by atoms with Crippen molar-refractivity contribution in [2.75, 3.05) is 17.7 Å². The van der Waals surface area contributed by atoms with Crippen molar-refractivity contribution in [2.45, 2.75) is 6.54 Å². The monoisotopic (exact) mass is 345 g/mol. The zero-order valence-electron chi connectivity index (χ0n) is 12.4. The third-order valence-corrected chi connectivity index (χ3v) is 5.08. The fourth-order valence-corrected chi connectivity index (χ4v) is 3.62. The molecule has 2 N–H and O–H groups in total. The van der Waals surface area contributed by atoms with Crippen LogP contribution in [0, 0.1) is 0 Å². The molecule has 0 radical (unpaired) electrons. The van der Waals surface area contributed by atoms with E-state index < -0.39 is 6.09 Å². The highest BCUT2D eigenvalue weighted by atomic mass is 32.1. The SMILES string of the molecule is COC(=O)Nc1cccc(NCc2cnc(-c3cccs3)s2)c1. The molecule has 7 heteroatoms. The lowest BCUT2D eigenvalue weighted by Crippen LogP contribution is -2.11. The van der Waals surface area contributed by atoms with Gasteiger partial charge in [-0.25, -0.2) is 9.78 Å². The van der Waals surface area contributed by atoms with Crippen LogP contribution in [0.15, 0.2) is 48.0 Å². The predicted molar refractivity (Wildman–Crippen MR) is 95.2 cm³/mol. The van der Waals surface area contributed by atoms with E-state index in [2.05, 4.69) is 31.8 Å². The van der Waals surface area contributed by atoms with E-state index >= 15 is 0 Å². The first-order valence-electron chi connectivity index (χ1n) is 6.92. The zero-order chi connectivity index (χ0) is 16.1. The maximum atomic E-state index is 11.2. The smallest absolute Gasteiger partial charge is 0.411 e. The number of amides is 1. The molecule has 0 aliphatic rings. The van der Waals surface area contributed by atoms with E-state index in [4.69, 9.17) is 0 Å². The van der Waals surface area contributed by atoms with Crippen molar-refractivity contribution in [1.82, 2.24) is 4.98 Å². The summed E-state index contributed by atoms with van der Waals surface area (Å²) in [7, 11) is 1.34. The lowest BCUT2D eigenvalue weighted by molar-refractivity contribution is 0.187. The number of hydrogen-bond donors (Lipinski definition) is 2. The number of carbonyl (C=O) groups is 1. The molecule has 0 aliphatic carbocycles. The number of ether oxygens (including phenoxy) is 1. The average molecular weight is 345 g/mol. The molecule has 2 heterocycles. The van der Waals surface area contributed by atoms with Gasteiger partial charge in [-0.3, -0.25) is 5.32 Å². The molecule has 118 valence electrons. The van der Waals surface area contributed by atoms with Crippen molar-refractivity contribution in [3.8, 4) is 9.88 Å². The van der Waals surface area contributed by atoms with Crippen molar-refractivity contribution >= 4 is 40.1 Å². The standard InChI is InChI=1S/C16H15N3O2S2/c1-21-16(20)19-12-5-2-4-11(8-12)17-9-13-10-18-15(23-13)14-6-3-7-22-14/h2-8,10,17H,9H2,1H3,(H,19,20). The molecular formula is C16H15N3O2S2. The summed E-state index contributed by atoms with van der Waals surface area (Å²) in [5.41, 5.74) is 1.61. The number of nitrogens with zero attached hydrogens (tertiary/aromatic N) is 1. The Morgan fingerprint density at radius 3 is 2.91 bits per heavy atom. The Morgan fingerprint density at radius 2 is 2.13 bits per heavy atom. The molecule has 0 saturated heterocycles. The van der Waals surface area contributed by atoms with Gasteiger partial charge in [-0.05, 0) is 29.6 Å². The van der Waals surface area contributed by atoms with Crippen LogP contribution in [0.5, 0.6) is 0 Å². The van der Waals surface area contributed by atoms with Gasteiger partial charge in [-0.2, -0.15) is 0 Å². The molecule has 0 aliphatic heterocycles. The molecule has 1 amide bonds. The minimum absolute atomic E-state index is 0.481. The number of methoxy groups -OCH3 is 1. The number of thiophene rings is 1. The lowest BCUT2D eigenvalue weighted by Gasteiger charge is -2.08. The minimum atomic E-state index is -0.481. The Morgan fingerprint density at radius 1 is 1.26 bits per heavy atom. The van der Waals surface area contributed by atoms with E-state index in [1.54, 1.807) is 22.7 Å². The molecule has 0 saturated carbocycles. The highest BCUT2D eigenvalue weighted by Gasteiger charge is 2.06. The van der Waals surface area contributed by atoms with E-state index in [1.165, 1.54) is 12.0 Å². The first-order valence-corrected chi connectivity index (χ1v) is 8.62. The number of aromatic nitrogens is 1. The Kier molecular flexibility index (Phi) is 4.89. The number of anilines is 2. The van der Waals surface area contributed by atoms with Crippen molar-refractivity contribution < 1.29 is 9.53 Å². The number of carbonyl (C=O) groups excluding carboxylic acids is 1. The summed E-state index contributed by atoms with van der Waals surface area (Å²) in [6, 6.07) is 11.6. The summed E-state index contributed by atoms with van der Waals surface area (Å²) >= 11 is 3.36. The van der Waals surface area contributed by atoms with E-state index in [-0.39, 0.29) is 0 Å². The van der Waals surface area contributed by atoms with Crippen LogP contribution in [0.1, 0.15) is 4.88 Å². The van der Waals surface area contributed by atoms with Crippen molar-refractivity contribution in [2.24, 2.45) is 0 Å². The van der Waals surface area contributed by atoms with Gasteiger partial charge in [0.15, 0.2) is 0 Å². The fourth-order valence-electron chi connectivity index (χ4n) is 1.97. The van der Waals surface area contributed by atoms with Crippen LogP contribution in [-0.2, 0) is 11.3 Å². The van der Waals surface area contributed by atoms with Gasteiger partial charge in [0, 0.05) is 22.4 Å². The Bertz CT molecular complexity index is 784. The molecule has 0 unspecified atom stereocenters. The summed E-state index contributed by atoms with van der Waals surface area (Å²) in [5.74, 6) is 0. The Labute approximate surface area is 142 Å². The highest BCUT2D eigenvalue weighted by Crippen LogP contribution is 2.29. The molecule has 1 aromatic carbocycles. The number of thiazole rings is 1. The second kappa shape index (κ2) is 7.26. The van der Waals surface area contributed by atoms with Gasteiger partial charge in [-0.15, -0.1) is 22.7 Å². The average Bonchev–Trinajstić information content (AvgIpc) is 3.24. The maximum absolute atomic E-state index is 11.2. The van der Waals surface area contributed by atoms with Gasteiger partial charge in [-0.1, -0.05) is 12.1 Å². The van der Waals surface area contributed by atoms with Crippen LogP contribution in [0.3, 0.4) is 0 Å². The van der Waals surface area contributed by atoms with Gasteiger partial charge in [0.25, 0.3) is 0 Å². The van der Waals surface area contributed by atoms with Crippen molar-refractivity contribution in [1.29, 1.82) is 0 Å². The largest absolute Gasteiger partial charge is 0.453 e. The third-order valence-electron chi connectivity index (χ3n) is 3.05. The van der Waals surface area contributed by atoms with Gasteiger partial charge >= 0.3 is 6.09 Å². The van der Waals surface area contributed by atoms with Crippen LogP contribution in [0.4, 0.5) is 16.2 Å². The van der Waals surface area contributed by atoms with E-state index in [0.717, 1.165) is 15.6 Å². The van der Waals surface area contributed by atoms with Crippen molar-refractivity contribution in [3.63, 3.8) is 0 Å². The highest BCUT2D eigenvalue weighted by molar-refractivity contribution is 7.20. The molecule has 2 aromatic heterocycles. The van der Waals surface area contributed by atoms with Crippen LogP contribution in [-0.4, -0.2) is 18.2 Å². The molecule has 3 rings (SSSR count). The van der Waals surface area contributed by atoms with Crippen LogP contribution in [0.25, 0.3) is 9.88 Å². The van der Waals surface area contributed by atoms with Gasteiger partial charge in [0.2, 0.25) is 0 Å². The molecule has 0 fully saturated rings. The predicted octanol–water partition coefficient (Wildman–Crippen LogP) is 4.66. The summed E-state index contributed by atoms with van der Waals surface area (Å²) < 4.78 is 4.59. The molecule has 0 bridgehead atoms. The quantitative estimate of drug-likeness (QED) is 0.706. The number of hydrogen-bond acceptors (Lipinski definition) is 6. The van der Waals surface area contributed by atoms with E-state index in [9.17, 15) is 4.79 Å². The maximum Gasteiger partial charge on any atom is 0.411 e. The van der Waals surface area contributed by atoms with E-state index in [1.807, 2.05) is 36.5 Å². The zero-order valence-corrected chi connectivity index (χ0v) is 14.0. The summed E-state index contributed by atoms with van der Waals surface area (Å²) in [4.78, 5) is 18.0. The lowest BCUT2D eigenvalue weighted by atomic mass is 10.2. The topological polar surface area (TPSA) is 63.2 Å². The third kappa shape index (κ3) is 4.08. The fraction of sp³-hybridized carbons (Fsp3) is 0.125. The number of rotatable bonds is 5. The van der Waals surface area contributed by atoms with E-state index in [0.29, 0.717) is 12.2 Å². The number of nitrogens with one attached hydrogen (secondary N) is 2. The van der Waals surface area contributed by atoms with Gasteiger partial charge in [0.1, 0.15) is 5.01 Å². The molecule has 3 aromatic rings. The Balaban J connectivity index is 1.62. The normalized spacial score (nSPS) is 10.3. The number of benzene rings is 1. The first kappa shape index (κ1) is 15.5. The van der Waals surface area contributed by atoms with Crippen LogP contribution in [0.2, 0.25) is 0 Å². The van der Waals surface area contributed by atoms with Crippen molar-refractivity contribution in [3.05, 3.63) is 52.9 Å². The summed E-state index contributed by atoms with van der Waals surface area (Å²) in [6.07, 6.45) is 1.41. The minimum Gasteiger partial charge on any atom is -0.453 e. The summed E-state index contributed by atoms with van der Waals surface area (Å²) in [6.45, 7) is 0.685. The van der Waals surface area contributed by atoms with Gasteiger partial charge in [0.05, 0.1) is 18.5 Å². The molecule has 0 spiro atoms. The second-order valence-electron chi connectivity index (χ2n) is 4.66. The first-order chi connectivity index (χ1) is 11.2. The Hall–Kier alpha value is -2.38. The van der Waals surface area contributed by atoms with Crippen LogP contribution >= 0.6 is 22.7 Å². The van der Waals surface area contributed by atoms with Gasteiger partial charge < -0.3 is 10.1 Å². The molecular weight excluding hydrogens is 330 g/mol. The summed E-state index contributed by atoms with van der Waals surface area (Å²) in [5, 5.41) is 9.07. The molecule has 23 heavy (non-hydrogen) atoms. The molecule has 0 atom stereocenters.